The summed E-state index contributed by atoms with van der Waals surface area (Å²) >= 11 is 0. The predicted molar refractivity (Wildman–Crippen MR) is 99.4 cm³/mol. The zero-order valence-electron chi connectivity index (χ0n) is 14.5. The largest absolute Gasteiger partial charge is 0.445 e. The molecule has 2 rings (SSSR count). The van der Waals surface area contributed by atoms with Crippen molar-refractivity contribution >= 4 is 17.1 Å². The van der Waals surface area contributed by atoms with Crippen LogP contribution >= 0.6 is 0 Å². The van der Waals surface area contributed by atoms with Gasteiger partial charge in [0.05, 0.1) is 4.90 Å². The minimum Gasteiger partial charge on any atom is -0.445 e. The first-order chi connectivity index (χ1) is 12.1. The van der Waals surface area contributed by atoms with E-state index < -0.39 is 17.1 Å². The molecule has 2 aromatic rings. The summed E-state index contributed by atoms with van der Waals surface area (Å²) in [6, 6.07) is 16.9. The normalized spacial score (nSPS) is 13.0. The highest BCUT2D eigenvalue weighted by Gasteiger charge is 2.13. The topological polar surface area (TPSA) is 67.4 Å². The minimum absolute atomic E-state index is 0.155. The molecular weight excluding hydrogens is 336 g/mol. The fourth-order valence-electron chi connectivity index (χ4n) is 2.15. The monoisotopic (exact) mass is 360 g/mol. The number of alkyl carbamates (subject to hydrolysis) is 1. The van der Waals surface area contributed by atoms with Crippen molar-refractivity contribution in [3.8, 4) is 0 Å². The molecule has 0 aliphatic rings. The van der Waals surface area contributed by atoms with Gasteiger partial charge >= 0.3 is 6.09 Å². The van der Waals surface area contributed by atoms with Gasteiger partial charge in [-0.1, -0.05) is 55.0 Å². The Hall–Kier alpha value is -2.18. The van der Waals surface area contributed by atoms with Crippen molar-refractivity contribution in [3.63, 3.8) is 0 Å². The molecule has 0 saturated carbocycles. The van der Waals surface area contributed by atoms with E-state index in [1.165, 1.54) is 0 Å². The van der Waals surface area contributed by atoms with Crippen molar-refractivity contribution in [3.05, 3.63) is 65.7 Å². The first-order valence-corrected chi connectivity index (χ1v) is 9.42. The Morgan fingerprint density at radius 1 is 1.12 bits per heavy atom. The average molecular weight is 360 g/mol. The summed E-state index contributed by atoms with van der Waals surface area (Å²) in [5.74, 6) is 0. The molecule has 2 N–H and O–H groups in total. The van der Waals surface area contributed by atoms with Crippen LogP contribution in [0.4, 0.5) is 4.79 Å². The highest BCUT2D eigenvalue weighted by Crippen LogP contribution is 2.07. The molecule has 2 aromatic carbocycles. The third-order valence-electron chi connectivity index (χ3n) is 3.72. The van der Waals surface area contributed by atoms with Crippen LogP contribution in [0.5, 0.6) is 0 Å². The van der Waals surface area contributed by atoms with E-state index in [4.69, 9.17) is 4.74 Å². The quantitative estimate of drug-likeness (QED) is 0.759. The lowest BCUT2D eigenvalue weighted by atomic mass is 10.2. The molecule has 0 spiro atoms. The van der Waals surface area contributed by atoms with Gasteiger partial charge in [-0.25, -0.2) is 13.7 Å². The van der Waals surface area contributed by atoms with Gasteiger partial charge in [-0.3, -0.25) is 0 Å². The second-order valence-electron chi connectivity index (χ2n) is 5.74. The SMILES string of the molecule is CC[C@@H](CNS(=O)c1ccc(C)cc1)NC(=O)OCc1ccccc1. The van der Waals surface area contributed by atoms with E-state index in [0.29, 0.717) is 17.9 Å². The summed E-state index contributed by atoms with van der Waals surface area (Å²) in [6.45, 7) is 4.57. The Kier molecular flexibility index (Phi) is 7.63. The molecule has 0 aliphatic carbocycles. The Morgan fingerprint density at radius 3 is 2.44 bits per heavy atom. The van der Waals surface area contributed by atoms with Gasteiger partial charge < -0.3 is 10.1 Å². The third-order valence-corrected chi connectivity index (χ3v) is 4.85. The number of aryl methyl sites for hydroxylation is 1. The van der Waals surface area contributed by atoms with Crippen LogP contribution < -0.4 is 10.0 Å². The van der Waals surface area contributed by atoms with E-state index in [9.17, 15) is 9.00 Å². The van der Waals surface area contributed by atoms with Crippen molar-refractivity contribution in [2.45, 2.75) is 37.8 Å². The van der Waals surface area contributed by atoms with E-state index >= 15 is 0 Å². The van der Waals surface area contributed by atoms with Crippen LogP contribution in [0, 0.1) is 6.92 Å². The number of hydrogen-bond donors (Lipinski definition) is 2. The number of ether oxygens (including phenoxy) is 1. The van der Waals surface area contributed by atoms with Gasteiger partial charge in [0.1, 0.15) is 17.6 Å². The molecule has 134 valence electrons. The molecule has 0 radical (unpaired) electrons. The zero-order valence-corrected chi connectivity index (χ0v) is 15.3. The van der Waals surface area contributed by atoms with Crippen LogP contribution in [0.2, 0.25) is 0 Å². The van der Waals surface area contributed by atoms with E-state index in [1.807, 2.05) is 68.4 Å². The highest BCUT2D eigenvalue weighted by molar-refractivity contribution is 7.83. The van der Waals surface area contributed by atoms with Crippen LogP contribution in [-0.4, -0.2) is 22.9 Å². The number of amides is 1. The first-order valence-electron chi connectivity index (χ1n) is 8.27. The summed E-state index contributed by atoms with van der Waals surface area (Å²) in [7, 11) is -1.30. The molecule has 5 nitrogen and oxygen atoms in total. The number of carbonyl (C=O) groups is 1. The molecule has 0 aliphatic heterocycles. The fourth-order valence-corrected chi connectivity index (χ4v) is 3.05. The lowest BCUT2D eigenvalue weighted by Gasteiger charge is -2.17. The van der Waals surface area contributed by atoms with Crippen LogP contribution in [-0.2, 0) is 22.3 Å². The van der Waals surface area contributed by atoms with Crippen molar-refractivity contribution in [2.75, 3.05) is 6.54 Å². The van der Waals surface area contributed by atoms with Gasteiger partial charge in [0.25, 0.3) is 0 Å². The van der Waals surface area contributed by atoms with Crippen molar-refractivity contribution in [1.82, 2.24) is 10.0 Å². The molecular formula is C19H24N2O3S. The summed E-state index contributed by atoms with van der Waals surface area (Å²) in [4.78, 5) is 12.6. The van der Waals surface area contributed by atoms with Gasteiger partial charge in [0.15, 0.2) is 0 Å². The Morgan fingerprint density at radius 2 is 1.80 bits per heavy atom. The molecule has 0 aromatic heterocycles. The molecule has 0 bridgehead atoms. The Balaban J connectivity index is 1.76. The second kappa shape index (κ2) is 9.96. The van der Waals surface area contributed by atoms with Gasteiger partial charge in [0.2, 0.25) is 0 Å². The maximum absolute atomic E-state index is 12.2. The molecule has 2 atom stereocenters. The maximum Gasteiger partial charge on any atom is 0.407 e. The molecule has 0 fully saturated rings. The maximum atomic E-state index is 12.2. The van der Waals surface area contributed by atoms with E-state index in [1.54, 1.807) is 0 Å². The van der Waals surface area contributed by atoms with Crippen molar-refractivity contribution < 1.29 is 13.7 Å². The lowest BCUT2D eigenvalue weighted by Crippen LogP contribution is -2.42. The van der Waals surface area contributed by atoms with Gasteiger partial charge in [-0.15, -0.1) is 0 Å². The smallest absolute Gasteiger partial charge is 0.407 e. The second-order valence-corrected chi connectivity index (χ2v) is 7.04. The molecule has 0 heterocycles. The number of rotatable bonds is 8. The van der Waals surface area contributed by atoms with E-state index in [0.717, 1.165) is 11.1 Å². The number of benzene rings is 2. The van der Waals surface area contributed by atoms with Gasteiger partial charge in [-0.2, -0.15) is 0 Å². The van der Waals surface area contributed by atoms with Crippen molar-refractivity contribution in [2.24, 2.45) is 0 Å². The molecule has 6 heteroatoms. The number of nitrogens with one attached hydrogen (secondary N) is 2. The number of carbonyl (C=O) groups excluding carboxylic acids is 1. The molecule has 0 saturated heterocycles. The van der Waals surface area contributed by atoms with Crippen LogP contribution in [0.15, 0.2) is 59.5 Å². The molecule has 1 unspecified atom stereocenters. The van der Waals surface area contributed by atoms with E-state index in [2.05, 4.69) is 10.0 Å². The minimum atomic E-state index is -1.30. The third kappa shape index (κ3) is 6.68. The van der Waals surface area contributed by atoms with Crippen molar-refractivity contribution in [1.29, 1.82) is 0 Å². The lowest BCUT2D eigenvalue weighted by molar-refractivity contribution is 0.135. The molecule has 1 amide bonds. The summed E-state index contributed by atoms with van der Waals surface area (Å²) < 4.78 is 20.4. The van der Waals surface area contributed by atoms with Crippen LogP contribution in [0.3, 0.4) is 0 Å². The van der Waals surface area contributed by atoms with Crippen LogP contribution in [0.25, 0.3) is 0 Å². The standard InChI is InChI=1S/C19H24N2O3S/c1-3-17(13-20-25(23)18-11-9-15(2)10-12-18)21-19(22)24-14-16-7-5-4-6-8-16/h4-12,17,20H,3,13-14H2,1-2H3,(H,21,22)/t17-,25?/m0/s1. The summed E-state index contributed by atoms with van der Waals surface area (Å²) in [6.07, 6.45) is 0.233. The molecule has 25 heavy (non-hydrogen) atoms. The van der Waals surface area contributed by atoms with E-state index in [-0.39, 0.29) is 12.6 Å². The number of hydrogen-bond acceptors (Lipinski definition) is 3. The fraction of sp³-hybridized carbons (Fsp3) is 0.316. The van der Waals surface area contributed by atoms with Gasteiger partial charge in [-0.05, 0) is 31.0 Å². The summed E-state index contributed by atoms with van der Waals surface area (Å²) in [5.41, 5.74) is 2.05. The Bertz CT molecular complexity index is 690. The average Bonchev–Trinajstić information content (AvgIpc) is 2.64. The highest BCUT2D eigenvalue weighted by atomic mass is 32.2. The summed E-state index contributed by atoms with van der Waals surface area (Å²) in [5, 5.41) is 2.79. The zero-order chi connectivity index (χ0) is 18.1. The Labute approximate surface area is 151 Å². The van der Waals surface area contributed by atoms with Crippen LogP contribution in [0.1, 0.15) is 24.5 Å². The van der Waals surface area contributed by atoms with Gasteiger partial charge in [0, 0.05) is 12.6 Å². The predicted octanol–water partition coefficient (Wildman–Crippen LogP) is 3.31. The first kappa shape index (κ1) is 19.1.